The zero-order chi connectivity index (χ0) is 23.8. The maximum absolute atomic E-state index is 11.9. The van der Waals surface area contributed by atoms with Crippen molar-refractivity contribution in [2.75, 3.05) is 47.8 Å². The van der Waals surface area contributed by atoms with E-state index in [1.54, 1.807) is 0 Å². The molecule has 0 amide bonds. The van der Waals surface area contributed by atoms with Crippen molar-refractivity contribution >= 4 is 52.3 Å². The van der Waals surface area contributed by atoms with Crippen LogP contribution in [0.15, 0.2) is 78.9 Å². The van der Waals surface area contributed by atoms with Crippen LogP contribution in [0.4, 0.5) is 46.0 Å². The number of pyridine rings is 2. The monoisotopic (exact) mass is 450 g/mol. The Hall–Kier alpha value is -4.39. The minimum absolute atomic E-state index is 0.530. The number of benzene rings is 2. The number of aromatic nitrogens is 2. The van der Waals surface area contributed by atoms with Gasteiger partial charge in [-0.3, -0.25) is 4.79 Å². The lowest BCUT2D eigenvalue weighted by Crippen LogP contribution is -2.19. The molecule has 0 atom stereocenters. The van der Waals surface area contributed by atoms with E-state index in [4.69, 9.17) is 9.97 Å². The van der Waals surface area contributed by atoms with Crippen molar-refractivity contribution in [3.8, 4) is 0 Å². The third kappa shape index (κ3) is 3.71. The first-order valence-electron chi connectivity index (χ1n) is 11.0. The topological polar surface area (TPSA) is 55.8 Å². The highest BCUT2D eigenvalue weighted by Crippen LogP contribution is 2.35. The molecular weight excluding hydrogens is 424 g/mol. The van der Waals surface area contributed by atoms with E-state index in [2.05, 4.69) is 28.0 Å². The van der Waals surface area contributed by atoms with Crippen molar-refractivity contribution < 1.29 is 4.79 Å². The Bertz CT molecular complexity index is 1370. The standard InChI is InChI=1S/C27H26N6O/c1-30-20-8-5-9-21(16-20)32(3)26-15-14-19(18-34)27(29-26)33(4)23-11-6-10-22(17-23)31(2)25-13-7-12-24(30)28-25/h5-18H,1-4H3. The number of carbonyl (C=O) groups is 1. The normalized spacial score (nSPS) is 13.2. The molecule has 8 bridgehead atoms. The molecule has 0 radical (unpaired) electrons. The van der Waals surface area contributed by atoms with Gasteiger partial charge in [-0.15, -0.1) is 0 Å². The molecule has 34 heavy (non-hydrogen) atoms. The number of anilines is 8. The second kappa shape index (κ2) is 8.51. The van der Waals surface area contributed by atoms with Crippen LogP contribution in [-0.4, -0.2) is 44.4 Å². The molecule has 0 spiro atoms. The van der Waals surface area contributed by atoms with Gasteiger partial charge in [0.1, 0.15) is 23.3 Å². The molecule has 0 N–H and O–H groups in total. The Morgan fingerprint density at radius 1 is 0.559 bits per heavy atom. The molecule has 1 aliphatic heterocycles. The number of aldehydes is 1. The molecule has 3 heterocycles. The van der Waals surface area contributed by atoms with Crippen LogP contribution in [-0.2, 0) is 0 Å². The second-order valence-electron chi connectivity index (χ2n) is 8.33. The first kappa shape index (κ1) is 21.5. The molecule has 0 saturated heterocycles. The van der Waals surface area contributed by atoms with Crippen LogP contribution in [0.1, 0.15) is 10.4 Å². The molecule has 5 rings (SSSR count). The quantitative estimate of drug-likeness (QED) is 0.346. The fraction of sp³-hybridized carbons (Fsp3) is 0.148. The molecule has 2 aromatic carbocycles. The minimum Gasteiger partial charge on any atom is -0.329 e. The SMILES string of the molecule is CN1c2cccc(c2)N(C)c2ccc(C=O)c(n2)N(C)c2cccc(c2)N(C)c2cccc1n2. The van der Waals surface area contributed by atoms with Gasteiger partial charge in [-0.05, 0) is 60.7 Å². The van der Waals surface area contributed by atoms with Crippen molar-refractivity contribution in [1.29, 1.82) is 0 Å². The van der Waals surface area contributed by atoms with Gasteiger partial charge in [0.15, 0.2) is 6.29 Å². The van der Waals surface area contributed by atoms with Crippen molar-refractivity contribution in [3.05, 3.63) is 84.4 Å². The van der Waals surface area contributed by atoms with E-state index in [9.17, 15) is 4.79 Å². The summed E-state index contributed by atoms with van der Waals surface area (Å²) in [6.07, 6.45) is 0.849. The molecule has 1 aliphatic rings. The summed E-state index contributed by atoms with van der Waals surface area (Å²) in [5, 5.41) is 0. The minimum atomic E-state index is 0.530. The van der Waals surface area contributed by atoms with E-state index >= 15 is 0 Å². The van der Waals surface area contributed by atoms with Gasteiger partial charge in [0, 0.05) is 50.9 Å². The fourth-order valence-electron chi connectivity index (χ4n) is 4.12. The van der Waals surface area contributed by atoms with Gasteiger partial charge < -0.3 is 19.6 Å². The van der Waals surface area contributed by atoms with Crippen LogP contribution < -0.4 is 19.6 Å². The maximum atomic E-state index is 11.9. The molecule has 7 heteroatoms. The average molecular weight is 451 g/mol. The van der Waals surface area contributed by atoms with E-state index in [0.717, 1.165) is 46.5 Å². The molecule has 2 aromatic heterocycles. The summed E-state index contributed by atoms with van der Waals surface area (Å²) in [5.74, 6) is 3.02. The zero-order valence-electron chi connectivity index (χ0n) is 19.7. The van der Waals surface area contributed by atoms with E-state index < -0.39 is 0 Å². The Morgan fingerprint density at radius 2 is 1.00 bits per heavy atom. The number of hydrogen-bond donors (Lipinski definition) is 0. The molecule has 0 saturated carbocycles. The first-order chi connectivity index (χ1) is 16.5. The summed E-state index contributed by atoms with van der Waals surface area (Å²) >= 11 is 0. The molecule has 4 aromatic rings. The molecular formula is C27H26N6O. The predicted octanol–water partition coefficient (Wildman–Crippen LogP) is 5.67. The number of hydrogen-bond acceptors (Lipinski definition) is 7. The highest BCUT2D eigenvalue weighted by Gasteiger charge is 2.18. The van der Waals surface area contributed by atoms with Crippen LogP contribution in [0.3, 0.4) is 0 Å². The van der Waals surface area contributed by atoms with Gasteiger partial charge in [0.25, 0.3) is 0 Å². The maximum Gasteiger partial charge on any atom is 0.153 e. The number of carbonyl (C=O) groups excluding carboxylic acids is 1. The van der Waals surface area contributed by atoms with Crippen molar-refractivity contribution in [2.24, 2.45) is 0 Å². The van der Waals surface area contributed by atoms with Gasteiger partial charge in [-0.2, -0.15) is 0 Å². The van der Waals surface area contributed by atoms with Gasteiger partial charge in [0.2, 0.25) is 0 Å². The summed E-state index contributed by atoms with van der Waals surface area (Å²) in [6.45, 7) is 0. The molecule has 0 fully saturated rings. The number of fused-ring (bicyclic) bond motifs is 8. The zero-order valence-corrected chi connectivity index (χ0v) is 19.7. The van der Waals surface area contributed by atoms with Gasteiger partial charge in [0.05, 0.1) is 5.56 Å². The number of nitrogens with zero attached hydrogens (tertiary/aromatic N) is 6. The average Bonchev–Trinajstić information content (AvgIpc) is 2.90. The Labute approximate surface area is 199 Å². The second-order valence-corrected chi connectivity index (χ2v) is 8.33. The first-order valence-corrected chi connectivity index (χ1v) is 11.0. The van der Waals surface area contributed by atoms with Crippen molar-refractivity contribution in [1.82, 2.24) is 9.97 Å². The van der Waals surface area contributed by atoms with E-state index in [1.807, 2.05) is 98.7 Å². The smallest absolute Gasteiger partial charge is 0.153 e. The summed E-state index contributed by atoms with van der Waals surface area (Å²) in [7, 11) is 7.91. The molecule has 0 unspecified atom stereocenters. The Balaban J connectivity index is 1.75. The van der Waals surface area contributed by atoms with Crippen LogP contribution in [0.2, 0.25) is 0 Å². The fourth-order valence-corrected chi connectivity index (χ4v) is 4.12. The van der Waals surface area contributed by atoms with Crippen LogP contribution >= 0.6 is 0 Å². The summed E-state index contributed by atoms with van der Waals surface area (Å²) in [6, 6.07) is 26.1. The Kier molecular flexibility index (Phi) is 5.37. The predicted molar refractivity (Wildman–Crippen MR) is 139 cm³/mol. The lowest BCUT2D eigenvalue weighted by Gasteiger charge is -2.27. The largest absolute Gasteiger partial charge is 0.329 e. The molecule has 170 valence electrons. The van der Waals surface area contributed by atoms with E-state index in [0.29, 0.717) is 11.4 Å². The lowest BCUT2D eigenvalue weighted by atomic mass is 10.2. The highest BCUT2D eigenvalue weighted by atomic mass is 16.1. The Morgan fingerprint density at radius 3 is 1.50 bits per heavy atom. The molecule has 0 aliphatic carbocycles. The number of rotatable bonds is 1. The van der Waals surface area contributed by atoms with Gasteiger partial charge >= 0.3 is 0 Å². The van der Waals surface area contributed by atoms with Gasteiger partial charge in [-0.1, -0.05) is 18.2 Å². The van der Waals surface area contributed by atoms with Crippen molar-refractivity contribution in [2.45, 2.75) is 0 Å². The van der Waals surface area contributed by atoms with Crippen LogP contribution in [0.5, 0.6) is 0 Å². The highest BCUT2D eigenvalue weighted by molar-refractivity contribution is 5.86. The molecule has 7 nitrogen and oxygen atoms in total. The summed E-state index contributed by atoms with van der Waals surface area (Å²) in [4.78, 5) is 29.7. The van der Waals surface area contributed by atoms with E-state index in [1.165, 1.54) is 0 Å². The third-order valence-corrected chi connectivity index (χ3v) is 6.29. The summed E-state index contributed by atoms with van der Waals surface area (Å²) < 4.78 is 0. The van der Waals surface area contributed by atoms with E-state index in [-0.39, 0.29) is 0 Å². The third-order valence-electron chi connectivity index (χ3n) is 6.29. The van der Waals surface area contributed by atoms with Crippen molar-refractivity contribution in [3.63, 3.8) is 0 Å². The van der Waals surface area contributed by atoms with Crippen LogP contribution in [0, 0.1) is 0 Å². The van der Waals surface area contributed by atoms with Gasteiger partial charge in [-0.25, -0.2) is 9.97 Å². The lowest BCUT2D eigenvalue weighted by molar-refractivity contribution is 0.112. The van der Waals surface area contributed by atoms with Crippen LogP contribution in [0.25, 0.3) is 0 Å². The summed E-state index contributed by atoms with van der Waals surface area (Å²) in [5.41, 5.74) is 4.41.